The van der Waals surface area contributed by atoms with Crippen LogP contribution in [0.3, 0.4) is 0 Å². The van der Waals surface area contributed by atoms with Gasteiger partial charge in [-0.1, -0.05) is 13.3 Å². The van der Waals surface area contributed by atoms with Crippen molar-refractivity contribution in [2.24, 2.45) is 11.8 Å². The van der Waals surface area contributed by atoms with Gasteiger partial charge in [0.2, 0.25) is 0 Å². The van der Waals surface area contributed by atoms with Crippen molar-refractivity contribution >= 4 is 19.9 Å². The number of carboxylic acids is 2. The van der Waals surface area contributed by atoms with Crippen molar-refractivity contribution < 1.29 is 30.0 Å². The Kier molecular flexibility index (Phi) is 14.2. The van der Waals surface area contributed by atoms with Crippen LogP contribution >= 0.6 is 7.92 Å². The summed E-state index contributed by atoms with van der Waals surface area (Å²) in [5.41, 5.74) is 0. The number of carboxylic acid groups (broad SMARTS) is 2. The van der Waals surface area contributed by atoms with E-state index in [9.17, 15) is 19.8 Å². The molecule has 0 aromatic rings. The fourth-order valence-corrected chi connectivity index (χ4v) is 5.43. The van der Waals surface area contributed by atoms with Gasteiger partial charge in [-0.05, 0) is 56.0 Å². The predicted molar refractivity (Wildman–Crippen MR) is 95.9 cm³/mol. The summed E-state index contributed by atoms with van der Waals surface area (Å²) >= 11 is 0. The van der Waals surface area contributed by atoms with E-state index < -0.39 is 11.9 Å². The van der Waals surface area contributed by atoms with Crippen LogP contribution in [-0.2, 0) is 9.59 Å². The van der Waals surface area contributed by atoms with Gasteiger partial charge in [-0.3, -0.25) is 9.59 Å². The second-order valence-electron chi connectivity index (χ2n) is 6.42. The molecule has 0 aliphatic carbocycles. The molecule has 0 saturated carbocycles. The molecule has 0 amide bonds. The second kappa shape index (κ2) is 14.6. The third kappa shape index (κ3) is 12.7. The van der Waals surface area contributed by atoms with Gasteiger partial charge in [0, 0.05) is 13.2 Å². The molecule has 0 bridgehead atoms. The normalized spacial score (nSPS) is 15.0. The highest BCUT2D eigenvalue weighted by atomic mass is 31.1. The molecule has 24 heavy (non-hydrogen) atoms. The first-order valence-electron chi connectivity index (χ1n) is 8.80. The first-order chi connectivity index (χ1) is 11.4. The maximum atomic E-state index is 10.7. The first-order valence-corrected chi connectivity index (χ1v) is 10.7. The summed E-state index contributed by atoms with van der Waals surface area (Å²) < 4.78 is 0. The molecule has 7 heteroatoms. The molecule has 0 radical (unpaired) electrons. The number of hydrogen-bond donors (Lipinski definition) is 4. The van der Waals surface area contributed by atoms with Crippen LogP contribution in [0.15, 0.2) is 0 Å². The summed E-state index contributed by atoms with van der Waals surface area (Å²) in [4.78, 5) is 21.4. The summed E-state index contributed by atoms with van der Waals surface area (Å²) in [6.07, 6.45) is 7.82. The summed E-state index contributed by atoms with van der Waals surface area (Å²) in [7, 11) is -0.131. The first kappa shape index (κ1) is 23.3. The van der Waals surface area contributed by atoms with Crippen LogP contribution in [0.1, 0.15) is 51.9 Å². The van der Waals surface area contributed by atoms with Crippen molar-refractivity contribution in [3.05, 3.63) is 0 Å². The van der Waals surface area contributed by atoms with Crippen molar-refractivity contribution in [3.63, 3.8) is 0 Å². The molecule has 2 atom stereocenters. The molecule has 0 rings (SSSR count). The van der Waals surface area contributed by atoms with Gasteiger partial charge < -0.3 is 20.4 Å². The van der Waals surface area contributed by atoms with Crippen LogP contribution in [0.5, 0.6) is 0 Å². The minimum atomic E-state index is -0.863. The van der Waals surface area contributed by atoms with Crippen molar-refractivity contribution in [1.82, 2.24) is 0 Å². The number of aliphatic hydroxyl groups excluding tert-OH is 2. The predicted octanol–water partition coefficient (Wildman–Crippen LogP) is 2.61. The smallest absolute Gasteiger partial charge is 0.303 e. The number of carbonyl (C=O) groups is 2. The highest BCUT2D eigenvalue weighted by molar-refractivity contribution is 7.57. The molecule has 2 unspecified atom stereocenters. The summed E-state index contributed by atoms with van der Waals surface area (Å²) in [5, 5.41) is 36.0. The van der Waals surface area contributed by atoms with E-state index in [0.717, 1.165) is 44.4 Å². The molecule has 0 aliphatic heterocycles. The Morgan fingerprint density at radius 1 is 0.833 bits per heavy atom. The van der Waals surface area contributed by atoms with E-state index in [1.54, 1.807) is 0 Å². The Hall–Kier alpha value is -0.710. The number of aliphatic hydroxyl groups is 2. The molecule has 4 N–H and O–H groups in total. The zero-order chi connectivity index (χ0) is 18.4. The standard InChI is InChI=1S/C17H33O6P/c1-2-7-24(8-3-5-14(12-18)10-16(20)21)9-4-6-15(13-19)11-17(22)23/h14-15,18-19H,2-13H2,1H3,(H,20,21)(H,22,23). The van der Waals surface area contributed by atoms with E-state index in [-0.39, 0.29) is 45.8 Å². The Bertz CT molecular complexity index is 320. The lowest BCUT2D eigenvalue weighted by molar-refractivity contribution is -0.139. The van der Waals surface area contributed by atoms with Crippen molar-refractivity contribution in [2.45, 2.75) is 51.9 Å². The molecule has 6 nitrogen and oxygen atoms in total. The van der Waals surface area contributed by atoms with Crippen molar-refractivity contribution in [2.75, 3.05) is 31.7 Å². The lowest BCUT2D eigenvalue weighted by Gasteiger charge is -2.20. The quantitative estimate of drug-likeness (QED) is 0.313. The Balaban J connectivity index is 4.11. The van der Waals surface area contributed by atoms with Crippen LogP contribution in [0.4, 0.5) is 0 Å². The van der Waals surface area contributed by atoms with E-state index in [0.29, 0.717) is 0 Å². The molecule has 0 aromatic heterocycles. The van der Waals surface area contributed by atoms with Crippen LogP contribution in [0, 0.1) is 11.8 Å². The van der Waals surface area contributed by atoms with Crippen molar-refractivity contribution in [1.29, 1.82) is 0 Å². The summed E-state index contributed by atoms with van der Waals surface area (Å²) in [6.45, 7) is 1.99. The number of rotatable bonds is 16. The molecule has 0 fully saturated rings. The zero-order valence-electron chi connectivity index (χ0n) is 14.7. The lowest BCUT2D eigenvalue weighted by atomic mass is 10.0. The largest absolute Gasteiger partial charge is 0.481 e. The van der Waals surface area contributed by atoms with Crippen LogP contribution < -0.4 is 0 Å². The van der Waals surface area contributed by atoms with E-state index in [1.807, 2.05) is 0 Å². The molecular weight excluding hydrogens is 331 g/mol. The molecule has 142 valence electrons. The van der Waals surface area contributed by atoms with Crippen LogP contribution in [-0.4, -0.2) is 64.1 Å². The average Bonchev–Trinajstić information content (AvgIpc) is 2.51. The lowest BCUT2D eigenvalue weighted by Crippen LogP contribution is -2.13. The van der Waals surface area contributed by atoms with E-state index in [1.165, 1.54) is 6.16 Å². The Morgan fingerprint density at radius 2 is 1.25 bits per heavy atom. The fourth-order valence-electron chi connectivity index (χ4n) is 2.87. The number of aliphatic carboxylic acids is 2. The van der Waals surface area contributed by atoms with Gasteiger partial charge in [-0.25, -0.2) is 0 Å². The molecule has 0 saturated heterocycles. The second-order valence-corrected chi connectivity index (χ2v) is 9.10. The van der Waals surface area contributed by atoms with E-state index in [2.05, 4.69) is 6.92 Å². The van der Waals surface area contributed by atoms with Gasteiger partial charge in [0.25, 0.3) is 0 Å². The monoisotopic (exact) mass is 364 g/mol. The third-order valence-electron chi connectivity index (χ3n) is 4.16. The van der Waals surface area contributed by atoms with Crippen molar-refractivity contribution in [3.8, 4) is 0 Å². The zero-order valence-corrected chi connectivity index (χ0v) is 15.6. The molecule has 0 aliphatic rings. The fraction of sp³-hybridized carbons (Fsp3) is 0.882. The van der Waals surface area contributed by atoms with Gasteiger partial charge in [0.15, 0.2) is 0 Å². The van der Waals surface area contributed by atoms with Gasteiger partial charge in [-0.2, -0.15) is 0 Å². The van der Waals surface area contributed by atoms with E-state index in [4.69, 9.17) is 10.2 Å². The van der Waals surface area contributed by atoms with Gasteiger partial charge in [0.1, 0.15) is 0 Å². The number of hydrogen-bond acceptors (Lipinski definition) is 4. The summed E-state index contributed by atoms with van der Waals surface area (Å²) in [6, 6.07) is 0. The molecule has 0 aromatic carbocycles. The van der Waals surface area contributed by atoms with Gasteiger partial charge in [-0.15, -0.1) is 7.92 Å². The minimum Gasteiger partial charge on any atom is -0.481 e. The maximum absolute atomic E-state index is 10.7. The van der Waals surface area contributed by atoms with Gasteiger partial charge in [0.05, 0.1) is 12.8 Å². The highest BCUT2D eigenvalue weighted by Crippen LogP contribution is 2.39. The molecule has 0 spiro atoms. The Labute approximate surface area is 146 Å². The minimum absolute atomic E-state index is 0.0234. The average molecular weight is 364 g/mol. The Morgan fingerprint density at radius 3 is 1.54 bits per heavy atom. The SMILES string of the molecule is CCCP(CCCC(CO)CC(=O)O)CCCC(CO)CC(=O)O. The van der Waals surface area contributed by atoms with Crippen LogP contribution in [0.2, 0.25) is 0 Å². The van der Waals surface area contributed by atoms with Crippen LogP contribution in [0.25, 0.3) is 0 Å². The van der Waals surface area contributed by atoms with E-state index >= 15 is 0 Å². The highest BCUT2D eigenvalue weighted by Gasteiger charge is 2.15. The molecular formula is C17H33O6P. The maximum Gasteiger partial charge on any atom is 0.303 e. The summed E-state index contributed by atoms with van der Waals surface area (Å²) in [5.74, 6) is -2.04. The topological polar surface area (TPSA) is 115 Å². The molecule has 0 heterocycles. The third-order valence-corrected chi connectivity index (χ3v) is 7.13. The van der Waals surface area contributed by atoms with Gasteiger partial charge >= 0.3 is 11.9 Å².